The molecule has 0 N–H and O–H groups in total. The zero-order valence-corrected chi connectivity index (χ0v) is 9.09. The molecule has 0 aliphatic carbocycles. The number of carbonyl (C=O) groups excluding carboxylic acids is 1. The van der Waals surface area contributed by atoms with Gasteiger partial charge in [-0.05, 0) is 12.5 Å². The molecule has 4 heteroatoms. The van der Waals surface area contributed by atoms with Crippen LogP contribution in [0.2, 0.25) is 0 Å². The molecule has 0 aromatic heterocycles. The molecule has 1 fully saturated rings. The van der Waals surface area contributed by atoms with Crippen molar-refractivity contribution in [2.75, 3.05) is 6.61 Å². The van der Waals surface area contributed by atoms with Gasteiger partial charge >= 0.3 is 6.16 Å². The summed E-state index contributed by atoms with van der Waals surface area (Å²) in [5.41, 5.74) is 1.10. The van der Waals surface area contributed by atoms with Gasteiger partial charge in [0, 0.05) is 0 Å². The second-order valence-corrected chi connectivity index (χ2v) is 3.73. The molecule has 1 aliphatic heterocycles. The predicted octanol–water partition coefficient (Wildman–Crippen LogP) is 2.13. The molecule has 86 valence electrons. The van der Waals surface area contributed by atoms with E-state index in [0.717, 1.165) is 5.56 Å². The number of benzene rings is 1. The van der Waals surface area contributed by atoms with E-state index in [0.29, 0.717) is 13.2 Å². The van der Waals surface area contributed by atoms with Crippen LogP contribution >= 0.6 is 0 Å². The fourth-order valence-electron chi connectivity index (χ4n) is 1.51. The third kappa shape index (κ3) is 2.73. The van der Waals surface area contributed by atoms with Crippen molar-refractivity contribution < 1.29 is 19.0 Å². The Morgan fingerprint density at radius 3 is 2.62 bits per heavy atom. The zero-order chi connectivity index (χ0) is 11.4. The van der Waals surface area contributed by atoms with Gasteiger partial charge in [-0.1, -0.05) is 30.3 Å². The van der Waals surface area contributed by atoms with E-state index >= 15 is 0 Å². The summed E-state index contributed by atoms with van der Waals surface area (Å²) in [5, 5.41) is 0. The maximum atomic E-state index is 10.8. The Kier molecular flexibility index (Phi) is 3.41. The van der Waals surface area contributed by atoms with E-state index in [-0.39, 0.29) is 12.2 Å². The molecule has 1 aliphatic rings. The fourth-order valence-corrected chi connectivity index (χ4v) is 1.51. The van der Waals surface area contributed by atoms with E-state index < -0.39 is 6.16 Å². The van der Waals surface area contributed by atoms with Crippen LogP contribution in [0.4, 0.5) is 4.79 Å². The number of ether oxygens (including phenoxy) is 3. The summed E-state index contributed by atoms with van der Waals surface area (Å²) in [5.74, 6) is 0. The first-order valence-electron chi connectivity index (χ1n) is 5.24. The van der Waals surface area contributed by atoms with Crippen molar-refractivity contribution in [2.24, 2.45) is 0 Å². The molecule has 0 spiro atoms. The molecule has 16 heavy (non-hydrogen) atoms. The molecule has 2 atom stereocenters. The summed E-state index contributed by atoms with van der Waals surface area (Å²) in [6, 6.07) is 9.85. The van der Waals surface area contributed by atoms with E-state index in [1.807, 2.05) is 30.3 Å². The molecule has 1 heterocycles. The minimum absolute atomic E-state index is 0.233. The molecule has 0 saturated carbocycles. The van der Waals surface area contributed by atoms with Crippen molar-refractivity contribution in [1.29, 1.82) is 0 Å². The number of cyclic esters (lactones) is 2. The maximum absolute atomic E-state index is 10.8. The van der Waals surface area contributed by atoms with Crippen molar-refractivity contribution in [3.05, 3.63) is 35.9 Å². The molecular weight excluding hydrogens is 208 g/mol. The summed E-state index contributed by atoms with van der Waals surface area (Å²) < 4.78 is 15.2. The van der Waals surface area contributed by atoms with Crippen LogP contribution in [0.3, 0.4) is 0 Å². The summed E-state index contributed by atoms with van der Waals surface area (Å²) in [6.45, 7) is 2.67. The molecule has 0 unspecified atom stereocenters. The lowest BCUT2D eigenvalue weighted by Crippen LogP contribution is -2.24. The Morgan fingerprint density at radius 1 is 1.25 bits per heavy atom. The topological polar surface area (TPSA) is 44.8 Å². The van der Waals surface area contributed by atoms with Gasteiger partial charge < -0.3 is 14.2 Å². The highest BCUT2D eigenvalue weighted by molar-refractivity contribution is 5.62. The monoisotopic (exact) mass is 222 g/mol. The molecule has 0 amide bonds. The standard InChI is InChI=1S/C12H14O4/c1-9-11(16-12(13)15-9)8-14-7-10-5-3-2-4-6-10/h2-6,9,11H,7-8H2,1H3/t9-,11-/m0/s1. The highest BCUT2D eigenvalue weighted by Crippen LogP contribution is 2.15. The SMILES string of the molecule is C[C@@H]1OC(=O)O[C@H]1COCc1ccccc1. The maximum Gasteiger partial charge on any atom is 0.509 e. The van der Waals surface area contributed by atoms with Gasteiger partial charge in [0.25, 0.3) is 0 Å². The number of carbonyl (C=O) groups is 1. The lowest BCUT2D eigenvalue weighted by atomic mass is 10.2. The van der Waals surface area contributed by atoms with Gasteiger partial charge in [-0.25, -0.2) is 4.79 Å². The second-order valence-electron chi connectivity index (χ2n) is 3.73. The zero-order valence-electron chi connectivity index (χ0n) is 9.09. The van der Waals surface area contributed by atoms with Crippen LogP contribution in [0.5, 0.6) is 0 Å². The van der Waals surface area contributed by atoms with Crippen LogP contribution < -0.4 is 0 Å². The molecular formula is C12H14O4. The molecule has 0 bridgehead atoms. The Labute approximate surface area is 94.1 Å². The molecule has 1 saturated heterocycles. The van der Waals surface area contributed by atoms with Gasteiger partial charge in [-0.3, -0.25) is 0 Å². The average molecular weight is 222 g/mol. The van der Waals surface area contributed by atoms with Gasteiger partial charge in [0.1, 0.15) is 6.10 Å². The number of hydrogen-bond donors (Lipinski definition) is 0. The van der Waals surface area contributed by atoms with E-state index in [4.69, 9.17) is 14.2 Å². The van der Waals surface area contributed by atoms with Gasteiger partial charge in [0.15, 0.2) is 6.10 Å². The average Bonchev–Trinajstić information content (AvgIpc) is 2.59. The summed E-state index contributed by atoms with van der Waals surface area (Å²) >= 11 is 0. The Balaban J connectivity index is 1.74. The fraction of sp³-hybridized carbons (Fsp3) is 0.417. The van der Waals surface area contributed by atoms with Crippen LogP contribution in [0.15, 0.2) is 30.3 Å². The second kappa shape index (κ2) is 4.99. The summed E-state index contributed by atoms with van der Waals surface area (Å²) in [6.07, 6.45) is -1.14. The molecule has 0 radical (unpaired) electrons. The van der Waals surface area contributed by atoms with Gasteiger partial charge in [0.2, 0.25) is 0 Å². The first-order chi connectivity index (χ1) is 7.75. The largest absolute Gasteiger partial charge is 0.509 e. The highest BCUT2D eigenvalue weighted by Gasteiger charge is 2.33. The summed E-state index contributed by atoms with van der Waals surface area (Å²) in [4.78, 5) is 10.8. The van der Waals surface area contributed by atoms with E-state index in [9.17, 15) is 4.79 Å². The van der Waals surface area contributed by atoms with E-state index in [1.165, 1.54) is 0 Å². The third-order valence-electron chi connectivity index (χ3n) is 2.45. The molecule has 4 nitrogen and oxygen atoms in total. The Bertz CT molecular complexity index is 349. The van der Waals surface area contributed by atoms with E-state index in [2.05, 4.69) is 0 Å². The van der Waals surface area contributed by atoms with Crippen LogP contribution in [-0.4, -0.2) is 25.0 Å². The minimum atomic E-state index is -0.610. The third-order valence-corrected chi connectivity index (χ3v) is 2.45. The lowest BCUT2D eigenvalue weighted by Gasteiger charge is -2.11. The Morgan fingerprint density at radius 2 is 2.00 bits per heavy atom. The Hall–Kier alpha value is -1.55. The van der Waals surface area contributed by atoms with Crippen molar-refractivity contribution in [2.45, 2.75) is 25.7 Å². The van der Waals surface area contributed by atoms with Crippen LogP contribution in [-0.2, 0) is 20.8 Å². The number of hydrogen-bond acceptors (Lipinski definition) is 4. The highest BCUT2D eigenvalue weighted by atomic mass is 16.8. The van der Waals surface area contributed by atoms with Crippen LogP contribution in [0, 0.1) is 0 Å². The van der Waals surface area contributed by atoms with Crippen molar-refractivity contribution in [3.63, 3.8) is 0 Å². The van der Waals surface area contributed by atoms with Crippen LogP contribution in [0.1, 0.15) is 12.5 Å². The van der Waals surface area contributed by atoms with Crippen molar-refractivity contribution in [3.8, 4) is 0 Å². The minimum Gasteiger partial charge on any atom is -0.427 e. The normalized spacial score (nSPS) is 23.9. The van der Waals surface area contributed by atoms with Crippen molar-refractivity contribution in [1.82, 2.24) is 0 Å². The molecule has 1 aromatic rings. The summed E-state index contributed by atoms with van der Waals surface area (Å²) in [7, 11) is 0. The lowest BCUT2D eigenvalue weighted by molar-refractivity contribution is 0.0265. The first-order valence-corrected chi connectivity index (χ1v) is 5.24. The molecule has 2 rings (SSSR count). The smallest absolute Gasteiger partial charge is 0.427 e. The molecule has 1 aromatic carbocycles. The van der Waals surface area contributed by atoms with Gasteiger partial charge in [0.05, 0.1) is 13.2 Å². The van der Waals surface area contributed by atoms with Gasteiger partial charge in [-0.2, -0.15) is 0 Å². The van der Waals surface area contributed by atoms with E-state index in [1.54, 1.807) is 6.92 Å². The van der Waals surface area contributed by atoms with Crippen molar-refractivity contribution >= 4 is 6.16 Å². The predicted molar refractivity (Wildman–Crippen MR) is 56.9 cm³/mol. The first kappa shape index (κ1) is 11.0. The number of rotatable bonds is 4. The van der Waals surface area contributed by atoms with Crippen LogP contribution in [0.25, 0.3) is 0 Å². The quantitative estimate of drug-likeness (QED) is 0.732. The van der Waals surface area contributed by atoms with Gasteiger partial charge in [-0.15, -0.1) is 0 Å².